The van der Waals surface area contributed by atoms with Crippen molar-refractivity contribution in [3.63, 3.8) is 0 Å². The highest BCUT2D eigenvalue weighted by molar-refractivity contribution is 6.30. The Bertz CT molecular complexity index is 1620. The summed E-state index contributed by atoms with van der Waals surface area (Å²) in [4.78, 5) is 24.9. The Balaban J connectivity index is 1.40. The maximum Gasteiger partial charge on any atom is 0.335 e. The zero-order valence-electron chi connectivity index (χ0n) is 18.4. The largest absolute Gasteiger partial charge is 0.478 e. The maximum absolute atomic E-state index is 13.7. The summed E-state index contributed by atoms with van der Waals surface area (Å²) in [6.45, 7) is 0.422. The first kappa shape index (κ1) is 21.4. The first-order valence-corrected chi connectivity index (χ1v) is 11.4. The van der Waals surface area contributed by atoms with Crippen molar-refractivity contribution in [2.24, 2.45) is 0 Å². The summed E-state index contributed by atoms with van der Waals surface area (Å²) in [5, 5.41) is 22.8. The molecule has 0 aliphatic heterocycles. The van der Waals surface area contributed by atoms with Gasteiger partial charge >= 0.3 is 5.97 Å². The normalized spacial score (nSPS) is 14.3. The van der Waals surface area contributed by atoms with E-state index in [1.54, 1.807) is 53.5 Å². The van der Waals surface area contributed by atoms with Gasteiger partial charge in [-0.15, -0.1) is 0 Å². The second-order valence-corrected chi connectivity index (χ2v) is 9.22. The van der Waals surface area contributed by atoms with Crippen LogP contribution in [0.15, 0.2) is 71.5 Å². The second-order valence-electron chi connectivity index (χ2n) is 8.78. The lowest BCUT2D eigenvalue weighted by atomic mass is 10.0. The van der Waals surface area contributed by atoms with Crippen molar-refractivity contribution in [3.05, 3.63) is 94.3 Å². The Morgan fingerprint density at radius 3 is 2.63 bits per heavy atom. The third-order valence-electron chi connectivity index (χ3n) is 6.49. The fraction of sp³-hybridized carbons (Fsp3) is 0.154. The Kier molecular flexibility index (Phi) is 4.86. The molecule has 0 unspecified atom stereocenters. The Morgan fingerprint density at radius 2 is 1.91 bits per heavy atom. The van der Waals surface area contributed by atoms with Crippen molar-refractivity contribution in [2.75, 3.05) is 0 Å². The van der Waals surface area contributed by atoms with E-state index in [9.17, 15) is 14.7 Å². The first-order valence-electron chi connectivity index (χ1n) is 11.1. The third-order valence-corrected chi connectivity index (χ3v) is 6.73. The number of carbonyl (C=O) groups is 2. The minimum Gasteiger partial charge on any atom is -0.478 e. The van der Waals surface area contributed by atoms with Crippen molar-refractivity contribution >= 4 is 45.3 Å². The van der Waals surface area contributed by atoms with E-state index in [1.165, 1.54) is 0 Å². The first-order chi connectivity index (χ1) is 16.9. The van der Waals surface area contributed by atoms with Crippen LogP contribution in [0.3, 0.4) is 0 Å². The highest BCUT2D eigenvalue weighted by Gasteiger charge is 2.46. The zero-order chi connectivity index (χ0) is 24.2. The second kappa shape index (κ2) is 7.95. The third kappa shape index (κ3) is 3.72. The number of carboxylic acids is 1. The molecule has 0 radical (unpaired) electrons. The zero-order valence-corrected chi connectivity index (χ0v) is 19.1. The van der Waals surface area contributed by atoms with Crippen LogP contribution in [0.5, 0.6) is 0 Å². The Morgan fingerprint density at radius 1 is 1.11 bits per heavy atom. The van der Waals surface area contributed by atoms with Crippen molar-refractivity contribution in [1.82, 2.24) is 20.3 Å². The van der Waals surface area contributed by atoms with Gasteiger partial charge in [-0.1, -0.05) is 41.0 Å². The molecule has 3 aromatic carbocycles. The molecule has 2 aromatic heterocycles. The maximum atomic E-state index is 13.7. The molecule has 5 aromatic rings. The van der Waals surface area contributed by atoms with Gasteiger partial charge in [0.15, 0.2) is 5.58 Å². The van der Waals surface area contributed by atoms with E-state index >= 15 is 0 Å². The lowest BCUT2D eigenvalue weighted by Crippen LogP contribution is -2.35. The minimum absolute atomic E-state index is 0.209. The topological polar surface area (TPSA) is 110 Å². The number of carbonyl (C=O) groups excluding carboxylic acids is 1. The van der Waals surface area contributed by atoms with Gasteiger partial charge in [-0.3, -0.25) is 9.48 Å². The van der Waals surface area contributed by atoms with Crippen molar-refractivity contribution in [2.45, 2.75) is 24.9 Å². The molecule has 1 amide bonds. The van der Waals surface area contributed by atoms with Crippen LogP contribution in [0.1, 0.15) is 44.7 Å². The number of benzene rings is 3. The van der Waals surface area contributed by atoms with Crippen LogP contribution >= 0.6 is 11.6 Å². The van der Waals surface area contributed by atoms with Crippen LogP contribution in [-0.4, -0.2) is 31.9 Å². The van der Waals surface area contributed by atoms with Gasteiger partial charge in [0.25, 0.3) is 5.91 Å². The summed E-state index contributed by atoms with van der Waals surface area (Å²) >= 11 is 6.16. The lowest BCUT2D eigenvalue weighted by molar-refractivity contribution is 0.0696. The Hall–Kier alpha value is -4.17. The van der Waals surface area contributed by atoms with Gasteiger partial charge in [0.2, 0.25) is 0 Å². The molecule has 0 atom stereocenters. The van der Waals surface area contributed by atoms with Crippen molar-refractivity contribution in [3.8, 4) is 0 Å². The van der Waals surface area contributed by atoms with Gasteiger partial charge in [-0.05, 0) is 54.3 Å². The van der Waals surface area contributed by atoms with Crippen molar-refractivity contribution < 1.29 is 19.2 Å². The molecule has 0 bridgehead atoms. The number of nitrogens with one attached hydrogen (secondary N) is 1. The van der Waals surface area contributed by atoms with Gasteiger partial charge < -0.3 is 14.9 Å². The molecular weight excluding hydrogens is 468 g/mol. The van der Waals surface area contributed by atoms with Gasteiger partial charge in [0.05, 0.1) is 46.5 Å². The number of halogens is 1. The summed E-state index contributed by atoms with van der Waals surface area (Å²) in [5.41, 5.74) is 3.18. The molecule has 6 rings (SSSR count). The van der Waals surface area contributed by atoms with E-state index in [0.717, 1.165) is 24.0 Å². The fourth-order valence-electron chi connectivity index (χ4n) is 4.54. The molecule has 8 nitrogen and oxygen atoms in total. The summed E-state index contributed by atoms with van der Waals surface area (Å²) in [5.74, 6) is -1.23. The molecule has 0 spiro atoms. The van der Waals surface area contributed by atoms with Crippen LogP contribution in [0.4, 0.5) is 0 Å². The summed E-state index contributed by atoms with van der Waals surface area (Å²) < 4.78 is 7.22. The molecule has 9 heteroatoms. The van der Waals surface area contributed by atoms with Gasteiger partial charge in [0.1, 0.15) is 0 Å². The number of aromatic nitrogens is 3. The molecule has 0 saturated heterocycles. The number of rotatable bonds is 6. The van der Waals surface area contributed by atoms with E-state index in [-0.39, 0.29) is 11.5 Å². The Labute approximate surface area is 204 Å². The van der Waals surface area contributed by atoms with Crippen LogP contribution in [0.25, 0.3) is 21.9 Å². The molecule has 2 heterocycles. The number of fused-ring (bicyclic) bond motifs is 3. The molecular formula is C26H19ClN4O4. The highest BCUT2D eigenvalue weighted by Crippen LogP contribution is 2.46. The summed E-state index contributed by atoms with van der Waals surface area (Å²) in [6, 6.07) is 15.9. The van der Waals surface area contributed by atoms with Gasteiger partial charge in [0, 0.05) is 10.4 Å². The molecule has 1 fully saturated rings. The van der Waals surface area contributed by atoms with Crippen LogP contribution in [-0.2, 0) is 12.1 Å². The van der Waals surface area contributed by atoms with E-state index in [4.69, 9.17) is 16.1 Å². The van der Waals surface area contributed by atoms with E-state index in [0.29, 0.717) is 39.0 Å². The van der Waals surface area contributed by atoms with E-state index < -0.39 is 11.5 Å². The number of aromatic carboxylic acids is 1. The minimum atomic E-state index is -0.984. The molecule has 35 heavy (non-hydrogen) atoms. The number of hydrogen-bond donors (Lipinski definition) is 2. The van der Waals surface area contributed by atoms with Gasteiger partial charge in [-0.2, -0.15) is 5.10 Å². The standard InChI is InChI=1S/C26H19ClN4O4/c27-19-3-1-2-15(10-19)14-31-22-20(11-17-12-29-35-23(17)21(22)13-28-31)24(32)30-26(8-9-26)18-6-4-16(5-7-18)25(33)34/h1-7,10-13H,8-9,14H2,(H,30,32)(H,33,34). The van der Waals surface area contributed by atoms with Crippen LogP contribution in [0, 0.1) is 0 Å². The molecule has 2 N–H and O–H groups in total. The van der Waals surface area contributed by atoms with E-state index in [2.05, 4.69) is 15.6 Å². The lowest BCUT2D eigenvalue weighted by Gasteiger charge is -2.19. The average Bonchev–Trinajstić information content (AvgIpc) is 3.26. The highest BCUT2D eigenvalue weighted by atomic mass is 35.5. The quantitative estimate of drug-likeness (QED) is 0.349. The molecule has 174 valence electrons. The summed E-state index contributed by atoms with van der Waals surface area (Å²) in [7, 11) is 0. The van der Waals surface area contributed by atoms with Gasteiger partial charge in [-0.25, -0.2) is 4.79 Å². The monoisotopic (exact) mass is 486 g/mol. The molecule has 1 saturated carbocycles. The number of amides is 1. The van der Waals surface area contributed by atoms with Crippen LogP contribution in [0.2, 0.25) is 5.02 Å². The smallest absolute Gasteiger partial charge is 0.335 e. The number of hydrogen-bond acceptors (Lipinski definition) is 5. The SMILES string of the molecule is O=C(O)c1ccc(C2(NC(=O)c3cc4cnoc4c4cnn(Cc5cccc(Cl)c5)c34)CC2)cc1. The average molecular weight is 487 g/mol. The molecule has 1 aliphatic rings. The predicted molar refractivity (Wildman–Crippen MR) is 130 cm³/mol. The van der Waals surface area contributed by atoms with E-state index in [1.807, 2.05) is 18.2 Å². The fourth-order valence-corrected chi connectivity index (χ4v) is 4.76. The number of carboxylic acid groups (broad SMARTS) is 1. The molecule has 1 aliphatic carbocycles. The van der Waals surface area contributed by atoms with Crippen molar-refractivity contribution in [1.29, 1.82) is 0 Å². The number of nitrogens with zero attached hydrogens (tertiary/aromatic N) is 3. The van der Waals surface area contributed by atoms with Crippen LogP contribution < -0.4 is 5.32 Å². The predicted octanol–water partition coefficient (Wildman–Crippen LogP) is 5.00. The summed E-state index contributed by atoms with van der Waals surface area (Å²) in [6.07, 6.45) is 4.80.